The number of carbonyl (C=O) groups excluding carboxylic acids is 2. The van der Waals surface area contributed by atoms with Crippen LogP contribution in [0.3, 0.4) is 0 Å². The van der Waals surface area contributed by atoms with Gasteiger partial charge in [0.15, 0.2) is 0 Å². The molecule has 0 radical (unpaired) electrons. The highest BCUT2D eigenvalue weighted by Gasteiger charge is 2.34. The van der Waals surface area contributed by atoms with E-state index in [2.05, 4.69) is 26.7 Å². The molecule has 0 aliphatic carbocycles. The molecule has 0 bridgehead atoms. The average molecular weight is 695 g/mol. The molecule has 50 heavy (non-hydrogen) atoms. The Labute approximate surface area is 294 Å². The molecule has 3 heterocycles. The maximum absolute atomic E-state index is 14.5. The summed E-state index contributed by atoms with van der Waals surface area (Å²) in [5.74, 6) is -0.547. The molecule has 6 nitrogen and oxygen atoms in total. The van der Waals surface area contributed by atoms with Crippen LogP contribution in [-0.4, -0.2) is 63.7 Å². The van der Waals surface area contributed by atoms with E-state index in [4.69, 9.17) is 0 Å². The third-order valence-electron chi connectivity index (χ3n) is 8.81. The van der Waals surface area contributed by atoms with Gasteiger partial charge in [-0.25, -0.2) is 0 Å². The summed E-state index contributed by atoms with van der Waals surface area (Å²) in [5.41, 5.74) is 4.42. The van der Waals surface area contributed by atoms with Crippen LogP contribution < -0.4 is 0 Å². The third kappa shape index (κ3) is 9.13. The molecule has 5 aromatic rings. The highest BCUT2D eigenvalue weighted by molar-refractivity contribution is 7.07. The Kier molecular flexibility index (Phi) is 11.2. The van der Waals surface area contributed by atoms with Crippen LogP contribution in [0, 0.1) is 0 Å². The van der Waals surface area contributed by atoms with Crippen molar-refractivity contribution in [2.45, 2.75) is 31.7 Å². The number of benzene rings is 3. The lowest BCUT2D eigenvalue weighted by atomic mass is 10.0. The van der Waals surface area contributed by atoms with Gasteiger partial charge in [0.2, 0.25) is 11.8 Å². The number of aromatic nitrogens is 1. The first kappa shape index (κ1) is 34.8. The van der Waals surface area contributed by atoms with Crippen LogP contribution in [0.1, 0.15) is 27.8 Å². The number of halogens is 3. The zero-order chi connectivity index (χ0) is 34.9. The van der Waals surface area contributed by atoms with Crippen LogP contribution in [0.5, 0.6) is 0 Å². The van der Waals surface area contributed by atoms with Gasteiger partial charge in [0.25, 0.3) is 0 Å². The number of hydrogen-bond acceptors (Lipinski definition) is 5. The van der Waals surface area contributed by atoms with Gasteiger partial charge in [-0.05, 0) is 69.4 Å². The molecule has 2 aromatic heterocycles. The second kappa shape index (κ2) is 16.1. The minimum atomic E-state index is -4.46. The van der Waals surface area contributed by atoms with Gasteiger partial charge in [-0.1, -0.05) is 72.8 Å². The summed E-state index contributed by atoms with van der Waals surface area (Å²) in [4.78, 5) is 38.8. The van der Waals surface area contributed by atoms with Gasteiger partial charge in [0.05, 0.1) is 11.3 Å². The van der Waals surface area contributed by atoms with Crippen molar-refractivity contribution in [1.29, 1.82) is 0 Å². The first-order valence-corrected chi connectivity index (χ1v) is 17.4. The molecule has 6 rings (SSSR count). The maximum atomic E-state index is 14.5. The summed E-state index contributed by atoms with van der Waals surface area (Å²) in [6.45, 7) is 3.49. The van der Waals surface area contributed by atoms with Crippen molar-refractivity contribution in [3.05, 3.63) is 154 Å². The normalized spacial score (nSPS) is 14.5. The fourth-order valence-corrected chi connectivity index (χ4v) is 6.71. The number of nitrogens with zero attached hydrogens (tertiary/aromatic N) is 4. The van der Waals surface area contributed by atoms with E-state index in [0.717, 1.165) is 54.2 Å². The standard InChI is InChI=1S/C40H37F3N4O2S/c41-40(42,43)35-16-11-30(12-17-35)13-18-38(48)47(28-32-9-14-34(15-10-32)36-8-4-5-20-44-36)37(26-31-6-2-1-3-7-31)39(49)46-23-21-45(22-24-46)27-33-19-25-50-29-33/h1-20,25,29,37H,21-24,26-28H2/b18-13+/t37-/m0/s1. The zero-order valence-corrected chi connectivity index (χ0v) is 28.2. The van der Waals surface area contributed by atoms with E-state index in [1.165, 1.54) is 29.8 Å². The Morgan fingerprint density at radius 3 is 2.18 bits per heavy atom. The maximum Gasteiger partial charge on any atom is 0.416 e. The summed E-state index contributed by atoms with van der Waals surface area (Å²) in [7, 11) is 0. The van der Waals surface area contributed by atoms with Crippen LogP contribution in [0.4, 0.5) is 13.2 Å². The van der Waals surface area contributed by atoms with E-state index >= 15 is 0 Å². The second-order valence-electron chi connectivity index (χ2n) is 12.3. The first-order valence-electron chi connectivity index (χ1n) is 16.5. The molecule has 1 fully saturated rings. The van der Waals surface area contributed by atoms with Gasteiger partial charge < -0.3 is 9.80 Å². The third-order valence-corrected chi connectivity index (χ3v) is 9.54. The van der Waals surface area contributed by atoms with E-state index in [1.807, 2.05) is 77.7 Å². The van der Waals surface area contributed by atoms with Gasteiger partial charge in [0, 0.05) is 63.5 Å². The van der Waals surface area contributed by atoms with Gasteiger partial charge in [-0.3, -0.25) is 19.5 Å². The van der Waals surface area contributed by atoms with Crippen molar-refractivity contribution in [2.24, 2.45) is 0 Å². The molecule has 10 heteroatoms. The van der Waals surface area contributed by atoms with Crippen molar-refractivity contribution >= 4 is 29.2 Å². The molecule has 0 unspecified atom stereocenters. The van der Waals surface area contributed by atoms with E-state index in [-0.39, 0.29) is 12.5 Å². The topological polar surface area (TPSA) is 56.8 Å². The summed E-state index contributed by atoms with van der Waals surface area (Å²) < 4.78 is 39.5. The molecule has 1 saturated heterocycles. The quantitative estimate of drug-likeness (QED) is 0.132. The molecular formula is C40H37F3N4O2S. The highest BCUT2D eigenvalue weighted by atomic mass is 32.1. The van der Waals surface area contributed by atoms with E-state index < -0.39 is 23.7 Å². The lowest BCUT2D eigenvalue weighted by Gasteiger charge is -2.39. The Morgan fingerprint density at radius 1 is 0.820 bits per heavy atom. The lowest BCUT2D eigenvalue weighted by molar-refractivity contribution is -0.145. The number of hydrogen-bond donors (Lipinski definition) is 0. The van der Waals surface area contributed by atoms with Gasteiger partial charge in [-0.2, -0.15) is 24.5 Å². The lowest BCUT2D eigenvalue weighted by Crippen LogP contribution is -2.56. The largest absolute Gasteiger partial charge is 0.416 e. The van der Waals surface area contributed by atoms with Crippen LogP contribution in [0.15, 0.2) is 126 Å². The fourth-order valence-electron chi connectivity index (χ4n) is 6.05. The van der Waals surface area contributed by atoms with Crippen LogP contribution in [0.25, 0.3) is 17.3 Å². The summed E-state index contributed by atoms with van der Waals surface area (Å²) in [6, 6.07) is 29.0. The number of alkyl halides is 3. The molecule has 256 valence electrons. The predicted molar refractivity (Wildman–Crippen MR) is 191 cm³/mol. The predicted octanol–water partition coefficient (Wildman–Crippen LogP) is 7.83. The van der Waals surface area contributed by atoms with Gasteiger partial charge in [-0.15, -0.1) is 0 Å². The molecule has 2 amide bonds. The fraction of sp³-hybridized carbons (Fsp3) is 0.225. The molecule has 0 saturated carbocycles. The molecule has 0 N–H and O–H groups in total. The van der Waals surface area contributed by atoms with Crippen molar-refractivity contribution in [3.8, 4) is 11.3 Å². The van der Waals surface area contributed by atoms with Crippen molar-refractivity contribution in [2.75, 3.05) is 26.2 Å². The number of pyridine rings is 1. The van der Waals surface area contributed by atoms with Gasteiger partial charge in [0.1, 0.15) is 6.04 Å². The number of rotatable bonds is 11. The van der Waals surface area contributed by atoms with Gasteiger partial charge >= 0.3 is 6.18 Å². The molecular weight excluding hydrogens is 658 g/mol. The minimum Gasteiger partial charge on any atom is -0.338 e. The molecule has 1 aliphatic heterocycles. The number of carbonyl (C=O) groups is 2. The Balaban J connectivity index is 1.28. The van der Waals surface area contributed by atoms with Crippen LogP contribution >= 0.6 is 11.3 Å². The van der Waals surface area contributed by atoms with Crippen molar-refractivity contribution in [1.82, 2.24) is 19.7 Å². The smallest absolute Gasteiger partial charge is 0.338 e. The van der Waals surface area contributed by atoms with Crippen molar-refractivity contribution in [3.63, 3.8) is 0 Å². The SMILES string of the molecule is O=C([C@H](Cc1ccccc1)N(Cc1ccc(-c2ccccn2)cc1)C(=O)/C=C/c1ccc(C(F)(F)F)cc1)N1CCN(Cc2ccsc2)CC1. The monoisotopic (exact) mass is 694 g/mol. The Bertz CT molecular complexity index is 1860. The van der Waals surface area contributed by atoms with Crippen molar-refractivity contribution < 1.29 is 22.8 Å². The van der Waals surface area contributed by atoms with E-state index in [1.54, 1.807) is 22.4 Å². The number of piperazine rings is 1. The molecule has 1 aliphatic rings. The number of thiophene rings is 1. The first-order chi connectivity index (χ1) is 24.2. The van der Waals surface area contributed by atoms with E-state index in [9.17, 15) is 22.8 Å². The Morgan fingerprint density at radius 2 is 1.54 bits per heavy atom. The summed E-state index contributed by atoms with van der Waals surface area (Å²) in [6.07, 6.45) is 0.415. The minimum absolute atomic E-state index is 0.134. The average Bonchev–Trinajstić information content (AvgIpc) is 3.66. The van der Waals surface area contributed by atoms with Crippen LogP contribution in [0.2, 0.25) is 0 Å². The second-order valence-corrected chi connectivity index (χ2v) is 13.0. The molecule has 3 aromatic carbocycles. The number of amides is 2. The summed E-state index contributed by atoms with van der Waals surface area (Å²) in [5, 5.41) is 4.20. The summed E-state index contributed by atoms with van der Waals surface area (Å²) >= 11 is 1.67. The molecule has 0 spiro atoms. The molecule has 1 atom stereocenters. The van der Waals surface area contributed by atoms with Crippen LogP contribution in [-0.2, 0) is 35.3 Å². The van der Waals surface area contributed by atoms with E-state index in [0.29, 0.717) is 25.1 Å². The Hall–Kier alpha value is -5.06. The highest BCUT2D eigenvalue weighted by Crippen LogP contribution is 2.29. The zero-order valence-electron chi connectivity index (χ0n) is 27.4.